The van der Waals surface area contributed by atoms with Crippen LogP contribution in [0, 0.1) is 5.41 Å². The molecule has 4 aromatic rings. The molecule has 1 heterocycles. The van der Waals surface area contributed by atoms with Crippen molar-refractivity contribution in [3.8, 4) is 22.3 Å². The van der Waals surface area contributed by atoms with Crippen LogP contribution >= 0.6 is 0 Å². The van der Waals surface area contributed by atoms with Crippen LogP contribution in [0.15, 0.2) is 97.1 Å². The number of hydrogen-bond acceptors (Lipinski definition) is 6. The third-order valence-electron chi connectivity index (χ3n) is 7.10. The van der Waals surface area contributed by atoms with Crippen molar-refractivity contribution in [3.63, 3.8) is 0 Å². The van der Waals surface area contributed by atoms with Gasteiger partial charge in [0.1, 0.15) is 0 Å². The third kappa shape index (κ3) is 7.27. The van der Waals surface area contributed by atoms with Gasteiger partial charge in [-0.1, -0.05) is 84.9 Å². The van der Waals surface area contributed by atoms with Gasteiger partial charge in [-0.05, 0) is 55.2 Å². The fourth-order valence-corrected chi connectivity index (χ4v) is 4.64. The summed E-state index contributed by atoms with van der Waals surface area (Å²) in [6, 6.07) is 29.6. The van der Waals surface area contributed by atoms with Gasteiger partial charge in [-0.15, -0.1) is 0 Å². The molecule has 7 N–H and O–H groups in total. The monoisotopic (exact) mass is 580 g/mol. The van der Waals surface area contributed by atoms with Crippen molar-refractivity contribution < 1.29 is 23.9 Å². The maximum Gasteiger partial charge on any atom is 0.251 e. The average Bonchev–Trinajstić information content (AvgIpc) is 2.99. The van der Waals surface area contributed by atoms with Crippen molar-refractivity contribution in [2.45, 2.75) is 26.6 Å². The topological polar surface area (TPSA) is 160 Å². The second-order valence-electron chi connectivity index (χ2n) is 11.0. The number of nitrogen functional groups attached to an aromatic ring is 1. The van der Waals surface area contributed by atoms with Gasteiger partial charge in [0, 0.05) is 5.69 Å². The smallest absolute Gasteiger partial charge is 0.251 e. The maximum absolute atomic E-state index is 12.9. The number of benzene rings is 4. The van der Waals surface area contributed by atoms with Crippen molar-refractivity contribution in [3.05, 3.63) is 108 Å². The Labute approximate surface area is 251 Å². The van der Waals surface area contributed by atoms with Crippen LogP contribution in [0.5, 0.6) is 0 Å². The highest BCUT2D eigenvalue weighted by Crippen LogP contribution is 2.33. The predicted octanol–water partition coefficient (Wildman–Crippen LogP) is 5.21. The van der Waals surface area contributed by atoms with Crippen molar-refractivity contribution in [1.82, 2.24) is 0 Å². The second kappa shape index (κ2) is 12.9. The zero-order valence-electron chi connectivity index (χ0n) is 24.4. The Morgan fingerprint density at radius 1 is 0.651 bits per heavy atom. The predicted molar refractivity (Wildman–Crippen MR) is 168 cm³/mol. The number of carbonyl (C=O) groups is 3. The molecule has 0 aliphatic carbocycles. The molecule has 1 saturated heterocycles. The molecule has 0 spiro atoms. The van der Waals surface area contributed by atoms with E-state index >= 15 is 0 Å². The number of rotatable bonds is 6. The lowest BCUT2D eigenvalue weighted by atomic mass is 9.89. The molecule has 0 radical (unpaired) electrons. The van der Waals surface area contributed by atoms with Crippen LogP contribution in [-0.2, 0) is 14.3 Å². The molecule has 1 aliphatic heterocycles. The Hall–Kier alpha value is -4.99. The summed E-state index contributed by atoms with van der Waals surface area (Å²) in [5.41, 5.74) is 20.5. The van der Waals surface area contributed by atoms with Gasteiger partial charge in [-0.25, -0.2) is 0 Å². The molecule has 5 rings (SSSR count). The largest absolute Gasteiger partial charge is 0.398 e. The zero-order valence-corrected chi connectivity index (χ0v) is 24.4. The molecule has 0 bridgehead atoms. The van der Waals surface area contributed by atoms with Crippen LogP contribution < -0.4 is 22.5 Å². The first-order chi connectivity index (χ1) is 20.4. The third-order valence-corrected chi connectivity index (χ3v) is 7.10. The summed E-state index contributed by atoms with van der Waals surface area (Å²) in [5.74, 6) is -2.11. The van der Waals surface area contributed by atoms with Crippen molar-refractivity contribution in [1.29, 1.82) is 0 Å². The molecule has 1 aliphatic rings. The number of nitrogens with two attached hydrogens (primary N) is 3. The van der Waals surface area contributed by atoms with Gasteiger partial charge in [0.05, 0.1) is 35.4 Å². The lowest BCUT2D eigenvalue weighted by Crippen LogP contribution is -2.51. The number of ether oxygens (including phenoxy) is 2. The molecule has 0 atom stereocenters. The van der Waals surface area contributed by atoms with Gasteiger partial charge in [0.15, 0.2) is 5.79 Å². The molecule has 222 valence electrons. The molecule has 0 aromatic heterocycles. The first-order valence-electron chi connectivity index (χ1n) is 13.7. The number of amides is 3. The molecular weight excluding hydrogens is 544 g/mol. The first-order valence-corrected chi connectivity index (χ1v) is 13.7. The van der Waals surface area contributed by atoms with E-state index in [1.807, 2.05) is 78.9 Å². The highest BCUT2D eigenvalue weighted by Gasteiger charge is 2.42. The van der Waals surface area contributed by atoms with Crippen LogP contribution in [0.2, 0.25) is 0 Å². The zero-order chi connectivity index (χ0) is 31.2. The Bertz CT molecular complexity index is 1610. The summed E-state index contributed by atoms with van der Waals surface area (Å²) in [6.07, 6.45) is 0. The van der Waals surface area contributed by atoms with E-state index < -0.39 is 23.0 Å². The number of primary amides is 2. The quantitative estimate of drug-likeness (QED) is 0.229. The Balaban J connectivity index is 0.000000225. The van der Waals surface area contributed by atoms with E-state index in [0.717, 1.165) is 16.7 Å². The number of hydrogen-bond donors (Lipinski definition) is 4. The van der Waals surface area contributed by atoms with E-state index in [-0.39, 0.29) is 24.7 Å². The summed E-state index contributed by atoms with van der Waals surface area (Å²) < 4.78 is 11.3. The normalized spacial score (nSPS) is 15.0. The van der Waals surface area contributed by atoms with E-state index in [2.05, 4.69) is 5.32 Å². The second-order valence-corrected chi connectivity index (χ2v) is 11.0. The summed E-state index contributed by atoms with van der Waals surface area (Å²) in [5, 5.41) is 2.84. The summed E-state index contributed by atoms with van der Waals surface area (Å²) >= 11 is 0. The lowest BCUT2D eigenvalue weighted by Gasteiger charge is -2.40. The number of nitrogens with one attached hydrogen (secondary N) is 1. The highest BCUT2D eigenvalue weighted by molar-refractivity contribution is 6.09. The van der Waals surface area contributed by atoms with E-state index in [0.29, 0.717) is 22.5 Å². The summed E-state index contributed by atoms with van der Waals surface area (Å²) in [4.78, 5) is 36.4. The Morgan fingerprint density at radius 3 is 1.60 bits per heavy atom. The van der Waals surface area contributed by atoms with Crippen LogP contribution in [0.25, 0.3) is 22.3 Å². The van der Waals surface area contributed by atoms with Gasteiger partial charge in [-0.2, -0.15) is 0 Å². The van der Waals surface area contributed by atoms with Crippen molar-refractivity contribution in [2.24, 2.45) is 16.9 Å². The lowest BCUT2D eigenvalue weighted by molar-refractivity contribution is -0.276. The Kier molecular flexibility index (Phi) is 9.28. The van der Waals surface area contributed by atoms with Gasteiger partial charge in [0.25, 0.3) is 11.8 Å². The first kappa shape index (κ1) is 31.0. The standard InChI is InChI=1S/C21H24N2O4.C13H12N2O/c1-20(2)26-12-21(3,13-27-20)19(25)23-16-11-7-10-15(17(16)18(22)24)14-8-5-4-6-9-14;14-11-8-4-7-10(12(11)13(15)16)9-5-2-1-3-6-9/h4-11H,12-13H2,1-3H3,(H2,22,24)(H,23,25);1-8H,14H2,(H2,15,16). The van der Waals surface area contributed by atoms with Gasteiger partial charge in [-0.3, -0.25) is 14.4 Å². The number of anilines is 2. The molecule has 0 unspecified atom stereocenters. The van der Waals surface area contributed by atoms with Crippen molar-refractivity contribution >= 4 is 29.1 Å². The Morgan fingerprint density at radius 2 is 1.12 bits per heavy atom. The molecule has 43 heavy (non-hydrogen) atoms. The molecule has 4 aromatic carbocycles. The van der Waals surface area contributed by atoms with Gasteiger partial charge >= 0.3 is 0 Å². The van der Waals surface area contributed by atoms with Crippen LogP contribution in [-0.4, -0.2) is 36.7 Å². The summed E-state index contributed by atoms with van der Waals surface area (Å²) in [7, 11) is 0. The molecular formula is C34H36N4O5. The minimum Gasteiger partial charge on any atom is -0.398 e. The average molecular weight is 581 g/mol. The van der Waals surface area contributed by atoms with Crippen LogP contribution in [0.4, 0.5) is 11.4 Å². The SMILES string of the molecule is CC1(C)OCC(C)(C(=O)Nc2cccc(-c3ccccc3)c2C(N)=O)CO1.NC(=O)c1c(N)cccc1-c1ccccc1. The minimum atomic E-state index is -0.868. The molecule has 3 amide bonds. The van der Waals surface area contributed by atoms with Gasteiger partial charge in [0.2, 0.25) is 5.91 Å². The van der Waals surface area contributed by atoms with Crippen LogP contribution in [0.3, 0.4) is 0 Å². The van der Waals surface area contributed by atoms with E-state index in [1.165, 1.54) is 0 Å². The van der Waals surface area contributed by atoms with Gasteiger partial charge < -0.3 is 32.0 Å². The van der Waals surface area contributed by atoms with E-state index in [4.69, 9.17) is 26.7 Å². The van der Waals surface area contributed by atoms with E-state index in [9.17, 15) is 14.4 Å². The maximum atomic E-state index is 12.9. The molecule has 9 nitrogen and oxygen atoms in total. The van der Waals surface area contributed by atoms with E-state index in [1.54, 1.807) is 39.0 Å². The van der Waals surface area contributed by atoms with Crippen molar-refractivity contribution in [2.75, 3.05) is 24.3 Å². The molecule has 9 heteroatoms. The summed E-state index contributed by atoms with van der Waals surface area (Å²) in [6.45, 7) is 5.81. The fraction of sp³-hybridized carbons (Fsp3) is 0.206. The minimum absolute atomic E-state index is 0.218. The highest BCUT2D eigenvalue weighted by atomic mass is 16.7. The number of carbonyl (C=O) groups excluding carboxylic acids is 3. The molecule has 1 fully saturated rings. The molecule has 0 saturated carbocycles. The fourth-order valence-electron chi connectivity index (χ4n) is 4.64. The van der Waals surface area contributed by atoms with Crippen LogP contribution in [0.1, 0.15) is 41.5 Å².